The van der Waals surface area contributed by atoms with Crippen molar-refractivity contribution in [2.45, 2.75) is 50.8 Å². The van der Waals surface area contributed by atoms with Crippen LogP contribution in [-0.4, -0.2) is 38.5 Å². The zero-order valence-corrected chi connectivity index (χ0v) is 17.2. The molecule has 2 atom stereocenters. The van der Waals surface area contributed by atoms with Gasteiger partial charge in [-0.2, -0.15) is 0 Å². The molecule has 25 heavy (non-hydrogen) atoms. The lowest BCUT2D eigenvalue weighted by Crippen LogP contribution is -2.50. The number of nitrogens with one attached hydrogen (secondary N) is 1. The van der Waals surface area contributed by atoms with Crippen LogP contribution in [0.3, 0.4) is 0 Å². The first-order chi connectivity index (χ1) is 11.6. The standard InChI is InChI=1S/C18H25BrN2O3S/c1-17(2,3)25(24)20-15-14-10-13(19)5-4-12(14)11-18(15)6-8-21(9-7-18)16(22)23/h4-5,10,15,20H,6-9,11H2,1-3H3,(H,22,23)/t15-,25-/m1/s1. The first kappa shape index (κ1) is 19.0. The summed E-state index contributed by atoms with van der Waals surface area (Å²) in [7, 11) is 0. The van der Waals surface area contributed by atoms with Gasteiger partial charge >= 0.3 is 6.09 Å². The lowest BCUT2D eigenvalue weighted by atomic mass is 9.73. The highest BCUT2D eigenvalue weighted by molar-refractivity contribution is 9.10. The SMILES string of the molecule is CC(C)(C)[S@@+]([O-])N[C@@H]1c2cc(Br)ccc2CC12CCN(C(=O)O)CC2. The zero-order chi connectivity index (χ0) is 18.4. The minimum Gasteiger partial charge on any atom is -0.598 e. The molecule has 0 aromatic heterocycles. The van der Waals surface area contributed by atoms with Crippen molar-refractivity contribution in [3.8, 4) is 0 Å². The molecule has 1 aromatic rings. The molecule has 1 aliphatic carbocycles. The summed E-state index contributed by atoms with van der Waals surface area (Å²) in [4.78, 5) is 12.8. The molecule has 1 amide bonds. The van der Waals surface area contributed by atoms with Gasteiger partial charge in [-0.25, -0.2) is 4.79 Å². The molecule has 1 heterocycles. The van der Waals surface area contributed by atoms with E-state index in [-0.39, 0.29) is 16.2 Å². The third-order valence-electron chi connectivity index (χ3n) is 5.38. The Morgan fingerprint density at radius 1 is 1.40 bits per heavy atom. The molecule has 3 rings (SSSR count). The molecule has 2 N–H and O–H groups in total. The normalized spacial score (nSPS) is 23.6. The van der Waals surface area contributed by atoms with Crippen molar-refractivity contribution in [2.24, 2.45) is 5.41 Å². The van der Waals surface area contributed by atoms with Gasteiger partial charge in [-0.3, -0.25) is 0 Å². The molecule has 1 aromatic carbocycles. The van der Waals surface area contributed by atoms with Crippen LogP contribution in [0.4, 0.5) is 4.79 Å². The van der Waals surface area contributed by atoms with Gasteiger partial charge in [0.25, 0.3) is 0 Å². The fourth-order valence-corrected chi connectivity index (χ4v) is 5.21. The molecular weight excluding hydrogens is 404 g/mol. The van der Waals surface area contributed by atoms with Gasteiger partial charge in [-0.1, -0.05) is 22.0 Å². The van der Waals surface area contributed by atoms with Crippen molar-refractivity contribution >= 4 is 33.4 Å². The summed E-state index contributed by atoms with van der Waals surface area (Å²) >= 11 is 2.37. The Kier molecular flexibility index (Phi) is 5.14. The fourth-order valence-electron chi connectivity index (χ4n) is 3.89. The Morgan fingerprint density at radius 3 is 2.60 bits per heavy atom. The number of amides is 1. The predicted molar refractivity (Wildman–Crippen MR) is 103 cm³/mol. The number of likely N-dealkylation sites (tertiary alicyclic amines) is 1. The van der Waals surface area contributed by atoms with E-state index >= 15 is 0 Å². The van der Waals surface area contributed by atoms with Gasteiger partial charge in [0, 0.05) is 34.3 Å². The quantitative estimate of drug-likeness (QED) is 0.701. The second kappa shape index (κ2) is 6.76. The average molecular weight is 429 g/mol. The van der Waals surface area contributed by atoms with E-state index in [0.717, 1.165) is 23.7 Å². The van der Waals surface area contributed by atoms with Crippen LogP contribution < -0.4 is 4.72 Å². The van der Waals surface area contributed by atoms with Crippen LogP contribution in [0, 0.1) is 5.41 Å². The Balaban J connectivity index is 1.91. The summed E-state index contributed by atoms with van der Waals surface area (Å²) in [6.45, 7) is 6.96. The minimum absolute atomic E-state index is 0.0176. The third-order valence-corrected chi connectivity index (χ3v) is 7.44. The molecule has 138 valence electrons. The van der Waals surface area contributed by atoms with Gasteiger partial charge in [0.15, 0.2) is 0 Å². The first-order valence-electron chi connectivity index (χ1n) is 8.57. The molecule has 7 heteroatoms. The summed E-state index contributed by atoms with van der Waals surface area (Å²) in [6, 6.07) is 6.27. The number of rotatable bonds is 2. The van der Waals surface area contributed by atoms with Crippen molar-refractivity contribution < 1.29 is 14.5 Å². The van der Waals surface area contributed by atoms with Gasteiger partial charge < -0.3 is 14.6 Å². The fraction of sp³-hybridized carbons (Fsp3) is 0.611. The zero-order valence-electron chi connectivity index (χ0n) is 14.8. The molecule has 1 spiro atoms. The van der Waals surface area contributed by atoms with Crippen LogP contribution in [0.25, 0.3) is 0 Å². The number of carboxylic acid groups (broad SMARTS) is 1. The summed E-state index contributed by atoms with van der Waals surface area (Å²) in [6.07, 6.45) is 1.62. The smallest absolute Gasteiger partial charge is 0.407 e. The number of piperidine rings is 1. The number of halogens is 1. The van der Waals surface area contributed by atoms with Crippen LogP contribution in [0.5, 0.6) is 0 Å². The molecule has 5 nitrogen and oxygen atoms in total. The van der Waals surface area contributed by atoms with Gasteiger partial charge in [0.2, 0.25) is 0 Å². The van der Waals surface area contributed by atoms with E-state index in [1.54, 1.807) is 0 Å². The second-order valence-electron chi connectivity index (χ2n) is 8.08. The van der Waals surface area contributed by atoms with Crippen molar-refractivity contribution in [3.63, 3.8) is 0 Å². The highest BCUT2D eigenvalue weighted by Crippen LogP contribution is 2.53. The highest BCUT2D eigenvalue weighted by Gasteiger charge is 2.50. The monoisotopic (exact) mass is 428 g/mol. The number of nitrogens with zero attached hydrogens (tertiary/aromatic N) is 1. The van der Waals surface area contributed by atoms with E-state index in [2.05, 4.69) is 32.8 Å². The van der Waals surface area contributed by atoms with E-state index in [4.69, 9.17) is 0 Å². The molecule has 1 aliphatic heterocycles. The van der Waals surface area contributed by atoms with E-state index in [0.29, 0.717) is 13.1 Å². The maximum atomic E-state index is 12.8. The van der Waals surface area contributed by atoms with E-state index in [1.165, 1.54) is 16.0 Å². The minimum atomic E-state index is -1.18. The number of hydrogen-bond acceptors (Lipinski definition) is 3. The van der Waals surface area contributed by atoms with Crippen LogP contribution >= 0.6 is 15.9 Å². The van der Waals surface area contributed by atoms with E-state index in [1.807, 2.05) is 26.8 Å². The average Bonchev–Trinajstić information content (AvgIpc) is 2.80. The Morgan fingerprint density at radius 2 is 2.04 bits per heavy atom. The molecule has 0 radical (unpaired) electrons. The number of hydrogen-bond donors (Lipinski definition) is 2. The van der Waals surface area contributed by atoms with Crippen LogP contribution in [0.1, 0.15) is 50.8 Å². The van der Waals surface area contributed by atoms with Gasteiger partial charge in [-0.05, 0) is 63.3 Å². The van der Waals surface area contributed by atoms with Crippen molar-refractivity contribution in [3.05, 3.63) is 33.8 Å². The van der Waals surface area contributed by atoms with Crippen molar-refractivity contribution in [1.82, 2.24) is 9.62 Å². The molecule has 1 saturated heterocycles. The van der Waals surface area contributed by atoms with Gasteiger partial charge in [-0.15, -0.1) is 4.72 Å². The molecule has 2 aliphatic rings. The van der Waals surface area contributed by atoms with Crippen molar-refractivity contribution in [1.29, 1.82) is 0 Å². The van der Waals surface area contributed by atoms with Gasteiger partial charge in [0.05, 0.1) is 6.04 Å². The maximum Gasteiger partial charge on any atom is 0.407 e. The van der Waals surface area contributed by atoms with E-state index in [9.17, 15) is 14.5 Å². The topological polar surface area (TPSA) is 75.6 Å². The lowest BCUT2D eigenvalue weighted by Gasteiger charge is -2.43. The highest BCUT2D eigenvalue weighted by atomic mass is 79.9. The second-order valence-corrected chi connectivity index (χ2v) is 11.0. The van der Waals surface area contributed by atoms with Crippen LogP contribution in [0.15, 0.2) is 22.7 Å². The largest absolute Gasteiger partial charge is 0.598 e. The van der Waals surface area contributed by atoms with Crippen molar-refractivity contribution in [2.75, 3.05) is 13.1 Å². The van der Waals surface area contributed by atoms with E-state index < -0.39 is 17.5 Å². The number of fused-ring (bicyclic) bond motifs is 1. The molecule has 0 saturated carbocycles. The molecule has 0 unspecified atom stereocenters. The van der Waals surface area contributed by atoms with Crippen LogP contribution in [-0.2, 0) is 17.8 Å². The maximum absolute atomic E-state index is 12.8. The summed E-state index contributed by atoms with van der Waals surface area (Å²) in [5, 5.41) is 9.25. The Bertz CT molecular complexity index is 669. The Hall–Kier alpha value is -0.760. The Labute approximate surface area is 160 Å². The predicted octanol–water partition coefficient (Wildman–Crippen LogP) is 3.86. The third kappa shape index (κ3) is 3.70. The molecule has 0 bridgehead atoms. The summed E-state index contributed by atoms with van der Waals surface area (Å²) in [5.41, 5.74) is 2.39. The lowest BCUT2D eigenvalue weighted by molar-refractivity contribution is 0.0764. The first-order valence-corrected chi connectivity index (χ1v) is 10.5. The number of benzene rings is 1. The number of carbonyl (C=O) groups is 1. The summed E-state index contributed by atoms with van der Waals surface area (Å²) in [5.74, 6) is 0. The molecular formula is C18H25BrN2O3S. The molecule has 1 fully saturated rings. The summed E-state index contributed by atoms with van der Waals surface area (Å²) < 4.78 is 16.9. The van der Waals surface area contributed by atoms with Crippen LogP contribution in [0.2, 0.25) is 0 Å². The van der Waals surface area contributed by atoms with Gasteiger partial charge in [0.1, 0.15) is 4.75 Å².